The van der Waals surface area contributed by atoms with Crippen LogP contribution in [-0.4, -0.2) is 23.5 Å². The molecule has 2 atom stereocenters. The van der Waals surface area contributed by atoms with E-state index in [4.69, 9.17) is 0 Å². The van der Waals surface area contributed by atoms with Gasteiger partial charge in [0.2, 0.25) is 0 Å². The molecule has 2 heteroatoms. The zero-order valence-corrected chi connectivity index (χ0v) is 5.53. The molecule has 0 aromatic carbocycles. The second kappa shape index (κ2) is 1.11. The SMILES string of the molecule is CS12C[C@H]1C#CC=N2. The van der Waals surface area contributed by atoms with E-state index in [-0.39, 0.29) is 0 Å². The van der Waals surface area contributed by atoms with Crippen molar-refractivity contribution in [2.45, 2.75) is 5.25 Å². The van der Waals surface area contributed by atoms with Crippen LogP contribution in [0.2, 0.25) is 0 Å². The Labute approximate surface area is 50.6 Å². The van der Waals surface area contributed by atoms with Crippen LogP contribution in [0.25, 0.3) is 0 Å². The Kier molecular flexibility index (Phi) is 0.619. The molecule has 1 unspecified atom stereocenters. The van der Waals surface area contributed by atoms with E-state index >= 15 is 0 Å². The molecule has 2 heterocycles. The van der Waals surface area contributed by atoms with E-state index in [1.807, 2.05) is 0 Å². The van der Waals surface area contributed by atoms with Crippen molar-refractivity contribution in [3.05, 3.63) is 0 Å². The fraction of sp³-hybridized carbons (Fsp3) is 0.500. The smallest absolute Gasteiger partial charge is 0.0831 e. The Bertz CT molecular complexity index is 210. The second-order valence-electron chi connectivity index (χ2n) is 2.29. The molecule has 0 aromatic heterocycles. The summed E-state index contributed by atoms with van der Waals surface area (Å²) in [4.78, 5) is 0. The van der Waals surface area contributed by atoms with E-state index in [0.717, 1.165) is 0 Å². The summed E-state index contributed by atoms with van der Waals surface area (Å²) in [6.45, 7) is 0. The summed E-state index contributed by atoms with van der Waals surface area (Å²) in [6.07, 6.45) is 4.00. The van der Waals surface area contributed by atoms with E-state index in [2.05, 4.69) is 22.5 Å². The van der Waals surface area contributed by atoms with Gasteiger partial charge in [-0.15, -0.1) is 10.2 Å². The third kappa shape index (κ3) is 0.426. The normalized spacial score (nSPS) is 54.9. The van der Waals surface area contributed by atoms with Gasteiger partial charge in [-0.3, -0.25) is 0 Å². The van der Waals surface area contributed by atoms with Crippen molar-refractivity contribution in [1.29, 1.82) is 0 Å². The highest BCUT2D eigenvalue weighted by atomic mass is 32.3. The molecule has 2 aliphatic rings. The lowest BCUT2D eigenvalue weighted by Crippen LogP contribution is -1.84. The van der Waals surface area contributed by atoms with Crippen molar-refractivity contribution in [2.75, 3.05) is 12.0 Å². The summed E-state index contributed by atoms with van der Waals surface area (Å²) in [6, 6.07) is 0. The van der Waals surface area contributed by atoms with Gasteiger partial charge in [-0.1, -0.05) is 11.8 Å². The zero-order chi connectivity index (χ0) is 5.61. The third-order valence-electron chi connectivity index (χ3n) is 1.59. The molecule has 0 N–H and O–H groups in total. The van der Waals surface area contributed by atoms with E-state index in [0.29, 0.717) is 5.25 Å². The number of fused-ring (bicyclic) bond motifs is 1. The summed E-state index contributed by atoms with van der Waals surface area (Å²) < 4.78 is 4.32. The molecule has 2 rings (SSSR count). The fourth-order valence-electron chi connectivity index (χ4n) is 0.829. The standard InChI is InChI=1S/C6H7NS/c1-8-5-6(8)3-2-4-7-8/h4,6H,5H2,1H3/t6-/m1/s1. The first-order valence-electron chi connectivity index (χ1n) is 2.61. The molecule has 1 fully saturated rings. The van der Waals surface area contributed by atoms with Crippen molar-refractivity contribution in [2.24, 2.45) is 4.40 Å². The van der Waals surface area contributed by atoms with Crippen molar-refractivity contribution in [1.82, 2.24) is 0 Å². The van der Waals surface area contributed by atoms with Crippen molar-refractivity contribution in [3.63, 3.8) is 0 Å². The number of hydrogen-bond acceptors (Lipinski definition) is 1. The van der Waals surface area contributed by atoms with Crippen LogP contribution < -0.4 is 0 Å². The van der Waals surface area contributed by atoms with Crippen LogP contribution in [0.5, 0.6) is 0 Å². The predicted octanol–water partition coefficient (Wildman–Crippen LogP) is 0.806. The molecule has 0 spiro atoms. The lowest BCUT2D eigenvalue weighted by molar-refractivity contribution is 1.48. The van der Waals surface area contributed by atoms with Crippen molar-refractivity contribution < 1.29 is 0 Å². The Hall–Kier alpha value is -0.420. The molecule has 1 saturated heterocycles. The fourth-order valence-corrected chi connectivity index (χ4v) is 2.89. The molecule has 1 nitrogen and oxygen atoms in total. The van der Waals surface area contributed by atoms with E-state index in [9.17, 15) is 0 Å². The maximum atomic E-state index is 4.32. The Morgan fingerprint density at radius 2 is 2.75 bits per heavy atom. The van der Waals surface area contributed by atoms with E-state index in [1.165, 1.54) is 5.75 Å². The average molecular weight is 125 g/mol. The summed E-state index contributed by atoms with van der Waals surface area (Å²) in [5.41, 5.74) is 0. The minimum absolute atomic E-state index is 0.520. The van der Waals surface area contributed by atoms with Crippen molar-refractivity contribution in [3.8, 4) is 11.8 Å². The molecule has 42 valence electrons. The van der Waals surface area contributed by atoms with Gasteiger partial charge in [0.15, 0.2) is 0 Å². The molecule has 0 saturated carbocycles. The lowest BCUT2D eigenvalue weighted by atomic mass is 10.5. The van der Waals surface area contributed by atoms with Crippen LogP contribution >= 0.6 is 10.2 Å². The minimum Gasteiger partial charge on any atom is -0.236 e. The molecular weight excluding hydrogens is 118 g/mol. The minimum atomic E-state index is -0.520. The van der Waals surface area contributed by atoms with Gasteiger partial charge in [-0.25, -0.2) is 4.40 Å². The second-order valence-corrected chi connectivity index (χ2v) is 5.62. The van der Waals surface area contributed by atoms with Gasteiger partial charge >= 0.3 is 0 Å². The molecule has 0 radical (unpaired) electrons. The first-order valence-corrected chi connectivity index (χ1v) is 4.84. The highest BCUT2D eigenvalue weighted by molar-refractivity contribution is 8.38. The van der Waals surface area contributed by atoms with E-state index in [1.54, 1.807) is 6.21 Å². The van der Waals surface area contributed by atoms with Gasteiger partial charge in [-0.2, -0.15) is 0 Å². The number of rotatable bonds is 0. The first-order chi connectivity index (χ1) is 3.81. The predicted molar refractivity (Wildman–Crippen MR) is 38.4 cm³/mol. The largest absolute Gasteiger partial charge is 0.236 e. The van der Waals surface area contributed by atoms with Crippen LogP contribution in [0.4, 0.5) is 0 Å². The Morgan fingerprint density at radius 1 is 1.88 bits per heavy atom. The lowest BCUT2D eigenvalue weighted by Gasteiger charge is -2.06. The molecule has 0 aromatic rings. The average Bonchev–Trinajstić information content (AvgIpc) is 2.39. The maximum absolute atomic E-state index is 4.32. The summed E-state index contributed by atoms with van der Waals surface area (Å²) in [5, 5.41) is 0.674. The topological polar surface area (TPSA) is 12.4 Å². The van der Waals surface area contributed by atoms with Crippen LogP contribution in [0, 0.1) is 11.8 Å². The van der Waals surface area contributed by atoms with E-state index < -0.39 is 10.2 Å². The number of nitrogens with zero attached hydrogens (tertiary/aromatic N) is 1. The van der Waals surface area contributed by atoms with Gasteiger partial charge in [0.1, 0.15) is 0 Å². The van der Waals surface area contributed by atoms with Crippen molar-refractivity contribution >= 4 is 16.4 Å². The van der Waals surface area contributed by atoms with Crippen LogP contribution in [-0.2, 0) is 0 Å². The maximum Gasteiger partial charge on any atom is 0.0831 e. The van der Waals surface area contributed by atoms with Gasteiger partial charge in [0.05, 0.1) is 11.5 Å². The van der Waals surface area contributed by atoms with Gasteiger partial charge in [-0.05, 0) is 6.26 Å². The molecular formula is C6H7NS. The third-order valence-corrected chi connectivity index (χ3v) is 4.27. The van der Waals surface area contributed by atoms with Crippen LogP contribution in [0.15, 0.2) is 4.40 Å². The summed E-state index contributed by atoms with van der Waals surface area (Å²) in [5.74, 6) is 7.28. The highest BCUT2D eigenvalue weighted by Crippen LogP contribution is 2.66. The monoisotopic (exact) mass is 125 g/mol. The first kappa shape index (κ1) is 4.46. The van der Waals surface area contributed by atoms with Crippen LogP contribution in [0.3, 0.4) is 0 Å². The number of hydrogen-bond donors (Lipinski definition) is 0. The molecule has 8 heavy (non-hydrogen) atoms. The quantitative estimate of drug-likeness (QED) is 0.335. The van der Waals surface area contributed by atoms with Crippen LogP contribution in [0.1, 0.15) is 0 Å². The molecule has 0 aliphatic carbocycles. The highest BCUT2D eigenvalue weighted by Gasteiger charge is 2.44. The summed E-state index contributed by atoms with van der Waals surface area (Å²) >= 11 is 0. The van der Waals surface area contributed by atoms with Gasteiger partial charge in [0.25, 0.3) is 0 Å². The van der Waals surface area contributed by atoms with Gasteiger partial charge in [0, 0.05) is 5.75 Å². The molecule has 0 amide bonds. The summed E-state index contributed by atoms with van der Waals surface area (Å²) in [7, 11) is -0.520. The van der Waals surface area contributed by atoms with Gasteiger partial charge < -0.3 is 0 Å². The Balaban J connectivity index is 2.39. The molecule has 0 bridgehead atoms. The Morgan fingerprint density at radius 3 is 3.25 bits per heavy atom. The zero-order valence-electron chi connectivity index (χ0n) is 4.72. The molecule has 2 aliphatic heterocycles.